The van der Waals surface area contributed by atoms with Crippen LogP contribution in [0.4, 0.5) is 4.39 Å². The summed E-state index contributed by atoms with van der Waals surface area (Å²) in [5.74, 6) is -0.593. The van der Waals surface area contributed by atoms with Crippen LogP contribution in [0.3, 0.4) is 0 Å². The number of β-amino-alcohol motifs (C(OH)–C–C–N with tert-alkyl or cyclic N) is 1. The van der Waals surface area contributed by atoms with Gasteiger partial charge in [0.2, 0.25) is 0 Å². The second-order valence-corrected chi connectivity index (χ2v) is 9.81. The van der Waals surface area contributed by atoms with Crippen molar-refractivity contribution in [1.82, 2.24) is 4.31 Å². The van der Waals surface area contributed by atoms with Crippen molar-refractivity contribution in [2.24, 2.45) is 0 Å². The highest BCUT2D eigenvalue weighted by Gasteiger charge is 2.47. The zero-order chi connectivity index (χ0) is 20.5. The summed E-state index contributed by atoms with van der Waals surface area (Å²) in [4.78, 5) is 0.564. The van der Waals surface area contributed by atoms with Crippen LogP contribution in [-0.4, -0.2) is 49.3 Å². The fourth-order valence-corrected chi connectivity index (χ4v) is 6.09. The van der Waals surface area contributed by atoms with Crippen molar-refractivity contribution in [3.05, 3.63) is 57.8 Å². The molecule has 148 valence electrons. The van der Waals surface area contributed by atoms with Crippen LogP contribution in [0.25, 0.3) is 0 Å². The molecule has 2 aromatic rings. The fourth-order valence-electron chi connectivity index (χ4n) is 2.83. The Bertz CT molecular complexity index is 972. The second-order valence-electron chi connectivity index (χ2n) is 6.27. The molecule has 5 nitrogen and oxygen atoms in total. The number of aliphatic hydroxyl groups is 2. The minimum Gasteiger partial charge on any atom is -0.393 e. The number of rotatable bonds is 5. The number of nitrogens with zero attached hydrogens (tertiary/aromatic N) is 2. The third kappa shape index (κ3) is 4.36. The predicted molar refractivity (Wildman–Crippen MR) is 107 cm³/mol. The van der Waals surface area contributed by atoms with Crippen LogP contribution in [0.5, 0.6) is 0 Å². The maximum Gasteiger partial charge on any atom is 0.138 e. The lowest BCUT2D eigenvalue weighted by Gasteiger charge is -2.26. The normalized spacial score (nSPS) is 23.5. The molecule has 0 aliphatic carbocycles. The third-order valence-corrected chi connectivity index (χ3v) is 7.94. The Balaban J connectivity index is 1.83. The molecule has 0 aromatic heterocycles. The zero-order valence-electron chi connectivity index (χ0n) is 14.3. The van der Waals surface area contributed by atoms with Gasteiger partial charge in [-0.25, -0.2) is 12.9 Å². The van der Waals surface area contributed by atoms with Crippen LogP contribution in [0.15, 0.2) is 46.2 Å². The molecule has 10 heteroatoms. The van der Waals surface area contributed by atoms with Gasteiger partial charge in [0, 0.05) is 23.0 Å². The highest BCUT2D eigenvalue weighted by Crippen LogP contribution is 2.39. The molecule has 0 spiro atoms. The Morgan fingerprint density at radius 1 is 1.36 bits per heavy atom. The van der Waals surface area contributed by atoms with Crippen molar-refractivity contribution >= 4 is 45.9 Å². The minimum atomic E-state index is -1.69. The van der Waals surface area contributed by atoms with Gasteiger partial charge >= 0.3 is 0 Å². The summed E-state index contributed by atoms with van der Waals surface area (Å²) >= 11 is 13.0. The van der Waals surface area contributed by atoms with E-state index in [9.17, 15) is 18.8 Å². The quantitative estimate of drug-likeness (QED) is 0.715. The summed E-state index contributed by atoms with van der Waals surface area (Å²) in [6.07, 6.45) is 0. The summed E-state index contributed by atoms with van der Waals surface area (Å²) in [6.45, 7) is -0.526. The molecule has 1 heterocycles. The van der Waals surface area contributed by atoms with Crippen molar-refractivity contribution in [2.45, 2.75) is 20.6 Å². The molecular weight excluding hydrogens is 446 g/mol. The van der Waals surface area contributed by atoms with E-state index in [1.165, 1.54) is 22.5 Å². The molecule has 28 heavy (non-hydrogen) atoms. The summed E-state index contributed by atoms with van der Waals surface area (Å²) in [5.41, 5.74) is -1.40. The minimum absolute atomic E-state index is 0.0787. The first-order chi connectivity index (χ1) is 13.3. The number of aliphatic hydroxyl groups excluding tert-OH is 1. The molecule has 0 amide bonds. The maximum atomic E-state index is 14.2. The molecule has 2 unspecified atom stereocenters. The third-order valence-electron chi connectivity index (χ3n) is 4.34. The molecule has 3 atom stereocenters. The summed E-state index contributed by atoms with van der Waals surface area (Å²) in [6, 6.07) is 10.5. The maximum absolute atomic E-state index is 14.2. The lowest BCUT2D eigenvalue weighted by atomic mass is 10.1. The van der Waals surface area contributed by atoms with Crippen LogP contribution < -0.4 is 0 Å². The average molecular weight is 461 g/mol. The van der Waals surface area contributed by atoms with E-state index in [0.29, 0.717) is 9.92 Å². The number of benzene rings is 2. The molecule has 3 rings (SSSR count). The number of hydrogen-bond donors (Lipinski definition) is 2. The highest BCUT2D eigenvalue weighted by atomic mass is 35.5. The van der Waals surface area contributed by atoms with Gasteiger partial charge in [-0.05, 0) is 36.4 Å². The van der Waals surface area contributed by atoms with Crippen LogP contribution in [0, 0.1) is 17.1 Å². The summed E-state index contributed by atoms with van der Waals surface area (Å²) in [5, 5.41) is 29.4. The van der Waals surface area contributed by atoms with Gasteiger partial charge in [0.05, 0.1) is 33.4 Å². The van der Waals surface area contributed by atoms with Gasteiger partial charge in [-0.3, -0.25) is 0 Å². The van der Waals surface area contributed by atoms with Crippen LogP contribution in [0.1, 0.15) is 5.56 Å². The molecule has 1 fully saturated rings. The van der Waals surface area contributed by atoms with Gasteiger partial charge in [-0.1, -0.05) is 23.2 Å². The monoisotopic (exact) mass is 460 g/mol. The van der Waals surface area contributed by atoms with E-state index in [2.05, 4.69) is 0 Å². The van der Waals surface area contributed by atoms with E-state index in [0.717, 1.165) is 17.8 Å². The van der Waals surface area contributed by atoms with E-state index in [-0.39, 0.29) is 28.6 Å². The topological polar surface area (TPSA) is 84.6 Å². The van der Waals surface area contributed by atoms with Crippen LogP contribution in [-0.2, 0) is 11.0 Å². The molecular formula is C18H15Cl2FN2O3S2. The first-order valence-electron chi connectivity index (χ1n) is 8.09. The van der Waals surface area contributed by atoms with Gasteiger partial charge < -0.3 is 10.2 Å². The van der Waals surface area contributed by atoms with Crippen molar-refractivity contribution in [2.75, 3.05) is 19.7 Å². The largest absolute Gasteiger partial charge is 0.393 e. The van der Waals surface area contributed by atoms with E-state index in [1.807, 2.05) is 6.07 Å². The molecule has 0 bridgehead atoms. The predicted octanol–water partition coefficient (Wildman–Crippen LogP) is 3.23. The lowest BCUT2D eigenvalue weighted by molar-refractivity contribution is 0.00342. The SMILES string of the molecule is N#Cc1ccc(S[C@H]2CN(S(=O)c3ccc(Cl)cc3Cl)CC2(O)CO)c(F)c1. The Labute approximate surface area is 178 Å². The zero-order valence-corrected chi connectivity index (χ0v) is 17.5. The lowest BCUT2D eigenvalue weighted by Crippen LogP contribution is -2.43. The Morgan fingerprint density at radius 3 is 2.71 bits per heavy atom. The first kappa shape index (κ1) is 21.5. The molecule has 2 aromatic carbocycles. The van der Waals surface area contributed by atoms with Gasteiger partial charge in [-0.15, -0.1) is 11.8 Å². The second kappa shape index (κ2) is 8.67. The molecule has 0 saturated carbocycles. The van der Waals surface area contributed by atoms with E-state index in [1.54, 1.807) is 12.1 Å². The van der Waals surface area contributed by atoms with Crippen LogP contribution in [0.2, 0.25) is 10.0 Å². The Hall–Kier alpha value is -1.18. The average Bonchev–Trinajstić information content (AvgIpc) is 3.00. The van der Waals surface area contributed by atoms with E-state index >= 15 is 0 Å². The van der Waals surface area contributed by atoms with Crippen molar-refractivity contribution in [1.29, 1.82) is 5.26 Å². The van der Waals surface area contributed by atoms with Crippen molar-refractivity contribution < 1.29 is 18.8 Å². The molecule has 0 radical (unpaired) electrons. The number of halogens is 3. The number of nitriles is 1. The molecule has 2 N–H and O–H groups in total. The number of thioether (sulfide) groups is 1. The van der Waals surface area contributed by atoms with Gasteiger partial charge in [0.25, 0.3) is 0 Å². The van der Waals surface area contributed by atoms with Crippen LogP contribution >= 0.6 is 35.0 Å². The van der Waals surface area contributed by atoms with E-state index in [4.69, 9.17) is 28.5 Å². The van der Waals surface area contributed by atoms with Crippen molar-refractivity contribution in [3.63, 3.8) is 0 Å². The van der Waals surface area contributed by atoms with Crippen molar-refractivity contribution in [3.8, 4) is 6.07 Å². The highest BCUT2D eigenvalue weighted by molar-refractivity contribution is 8.00. The Kier molecular flexibility index (Phi) is 6.67. The molecule has 1 aliphatic heterocycles. The number of hydrogen-bond acceptors (Lipinski definition) is 5. The molecule has 1 aliphatic rings. The first-order valence-corrected chi connectivity index (χ1v) is 10.8. The summed E-state index contributed by atoms with van der Waals surface area (Å²) in [7, 11) is -1.69. The smallest absolute Gasteiger partial charge is 0.138 e. The standard InChI is InChI=1S/C18H15Cl2FN2O3S2/c19-12-2-4-16(13(20)6-12)28(26)23-8-17(18(25,9-23)10-24)27-15-3-1-11(7-22)5-14(15)21/h1-6,17,24-25H,8-10H2/t17-,18?,28?/m0/s1. The molecule has 1 saturated heterocycles. The van der Waals surface area contributed by atoms with Gasteiger partial charge in [-0.2, -0.15) is 5.26 Å². The van der Waals surface area contributed by atoms with E-state index < -0.39 is 34.3 Å². The van der Waals surface area contributed by atoms with Gasteiger partial charge in [0.15, 0.2) is 0 Å². The summed E-state index contributed by atoms with van der Waals surface area (Å²) < 4.78 is 28.6. The van der Waals surface area contributed by atoms with Gasteiger partial charge in [0.1, 0.15) is 22.4 Å². The fraction of sp³-hybridized carbons (Fsp3) is 0.278. The Morgan fingerprint density at radius 2 is 2.11 bits per heavy atom.